The molecule has 0 bridgehead atoms. The van der Waals surface area contributed by atoms with Gasteiger partial charge in [0.15, 0.2) is 5.78 Å². The summed E-state index contributed by atoms with van der Waals surface area (Å²) in [5.74, 6) is 0.0956. The Labute approximate surface area is 179 Å². The number of rotatable bonds is 2. The van der Waals surface area contributed by atoms with Crippen LogP contribution in [0.3, 0.4) is 0 Å². The van der Waals surface area contributed by atoms with Crippen LogP contribution in [0.2, 0.25) is 0 Å². The standard InChI is InChI=1S/C22H25BrN4O2/c1-22(2)11-17-20(18(28)12-22)19(14-3-5-15(23)6-4-14)16(13-24)21(25)27(17)26-7-9-29-10-8-26/h3-6,19H,7-12,25H2,1-2H3/t19-/m1/s1. The number of nitrogens with two attached hydrogens (primary N) is 1. The fraction of sp³-hybridized carbons (Fsp3) is 0.455. The Bertz CT molecular complexity index is 937. The molecule has 0 radical (unpaired) electrons. The van der Waals surface area contributed by atoms with Crippen LogP contribution in [0.1, 0.15) is 38.2 Å². The zero-order valence-corrected chi connectivity index (χ0v) is 18.3. The zero-order chi connectivity index (χ0) is 20.8. The fourth-order valence-corrected chi connectivity index (χ4v) is 4.82. The van der Waals surface area contributed by atoms with Crippen molar-refractivity contribution >= 4 is 21.7 Å². The van der Waals surface area contributed by atoms with Crippen molar-refractivity contribution in [2.75, 3.05) is 26.3 Å². The van der Waals surface area contributed by atoms with E-state index in [1.807, 2.05) is 29.3 Å². The molecule has 1 aromatic carbocycles. The number of benzene rings is 1. The van der Waals surface area contributed by atoms with E-state index < -0.39 is 5.92 Å². The summed E-state index contributed by atoms with van der Waals surface area (Å²) in [7, 11) is 0. The van der Waals surface area contributed by atoms with Crippen molar-refractivity contribution in [3.05, 3.63) is 57.0 Å². The first-order valence-corrected chi connectivity index (χ1v) is 10.7. The molecule has 2 heterocycles. The number of hydrogen-bond acceptors (Lipinski definition) is 6. The van der Waals surface area contributed by atoms with Crippen LogP contribution >= 0.6 is 15.9 Å². The van der Waals surface area contributed by atoms with Crippen LogP contribution in [0, 0.1) is 16.7 Å². The van der Waals surface area contributed by atoms with Crippen molar-refractivity contribution in [3.63, 3.8) is 0 Å². The molecule has 1 atom stereocenters. The summed E-state index contributed by atoms with van der Waals surface area (Å²) >= 11 is 3.46. The van der Waals surface area contributed by atoms with Gasteiger partial charge in [0.25, 0.3) is 0 Å². The number of ether oxygens (including phenoxy) is 1. The van der Waals surface area contributed by atoms with Crippen LogP contribution in [0.4, 0.5) is 0 Å². The highest BCUT2D eigenvalue weighted by molar-refractivity contribution is 9.10. The highest BCUT2D eigenvalue weighted by atomic mass is 79.9. The molecule has 0 saturated carbocycles. The summed E-state index contributed by atoms with van der Waals surface area (Å²) in [5, 5.41) is 14.1. The lowest BCUT2D eigenvalue weighted by molar-refractivity contribution is -0.119. The predicted octanol–water partition coefficient (Wildman–Crippen LogP) is 3.43. The number of carbonyl (C=O) groups is 1. The molecule has 29 heavy (non-hydrogen) atoms. The third kappa shape index (κ3) is 3.61. The second-order valence-electron chi connectivity index (χ2n) is 8.57. The first kappa shape index (κ1) is 20.1. The molecule has 2 aliphatic heterocycles. The third-order valence-corrected chi connectivity index (χ3v) is 6.36. The normalized spacial score (nSPS) is 25.1. The summed E-state index contributed by atoms with van der Waals surface area (Å²) in [6, 6.07) is 10.1. The van der Waals surface area contributed by atoms with Crippen molar-refractivity contribution in [3.8, 4) is 6.07 Å². The number of carbonyl (C=O) groups excluding carboxylic acids is 1. The maximum atomic E-state index is 13.4. The SMILES string of the molecule is CC1(C)CC(=O)C2=C(C1)N(N1CCOCC1)C(N)=C(C#N)[C@H]2c1ccc(Br)cc1. The molecule has 4 rings (SSSR count). The number of ketones is 1. The van der Waals surface area contributed by atoms with E-state index in [2.05, 4.69) is 40.9 Å². The van der Waals surface area contributed by atoms with E-state index in [1.54, 1.807) is 0 Å². The van der Waals surface area contributed by atoms with Gasteiger partial charge in [0.2, 0.25) is 0 Å². The molecule has 152 valence electrons. The number of morpholine rings is 1. The molecular weight excluding hydrogens is 432 g/mol. The van der Waals surface area contributed by atoms with Gasteiger partial charge in [0, 0.05) is 35.3 Å². The Balaban J connectivity index is 1.91. The van der Waals surface area contributed by atoms with Gasteiger partial charge in [-0.25, -0.2) is 5.01 Å². The largest absolute Gasteiger partial charge is 0.383 e. The molecule has 7 heteroatoms. The van der Waals surface area contributed by atoms with Gasteiger partial charge in [-0.3, -0.25) is 9.80 Å². The Morgan fingerprint density at radius 1 is 1.21 bits per heavy atom. The minimum absolute atomic E-state index is 0.0997. The zero-order valence-electron chi connectivity index (χ0n) is 16.7. The summed E-state index contributed by atoms with van der Waals surface area (Å²) < 4.78 is 6.45. The van der Waals surface area contributed by atoms with Gasteiger partial charge in [0.1, 0.15) is 5.82 Å². The molecule has 1 saturated heterocycles. The lowest BCUT2D eigenvalue weighted by atomic mass is 9.69. The highest BCUT2D eigenvalue weighted by Gasteiger charge is 2.45. The van der Waals surface area contributed by atoms with E-state index >= 15 is 0 Å². The smallest absolute Gasteiger partial charge is 0.162 e. The van der Waals surface area contributed by atoms with Gasteiger partial charge < -0.3 is 10.5 Å². The van der Waals surface area contributed by atoms with Gasteiger partial charge in [-0.1, -0.05) is 41.9 Å². The Hall–Kier alpha value is -2.14. The topological polar surface area (TPSA) is 82.6 Å². The number of nitrogens with zero attached hydrogens (tertiary/aromatic N) is 3. The molecule has 2 N–H and O–H groups in total. The molecule has 6 nitrogen and oxygen atoms in total. The minimum atomic E-state index is -0.427. The third-order valence-electron chi connectivity index (χ3n) is 5.83. The Kier molecular flexibility index (Phi) is 5.28. The lowest BCUT2D eigenvalue weighted by Crippen LogP contribution is -2.53. The summed E-state index contributed by atoms with van der Waals surface area (Å²) in [6.07, 6.45) is 1.20. The van der Waals surface area contributed by atoms with Gasteiger partial charge in [-0.15, -0.1) is 0 Å². The van der Waals surface area contributed by atoms with Crippen LogP contribution in [0.15, 0.2) is 51.4 Å². The van der Waals surface area contributed by atoms with Crippen molar-refractivity contribution in [2.45, 2.75) is 32.6 Å². The van der Waals surface area contributed by atoms with E-state index in [0.717, 1.165) is 22.2 Å². The summed E-state index contributed by atoms with van der Waals surface area (Å²) in [4.78, 5) is 13.4. The first-order chi connectivity index (χ1) is 13.8. The predicted molar refractivity (Wildman–Crippen MR) is 113 cm³/mol. The quantitative estimate of drug-likeness (QED) is 0.733. The molecule has 0 amide bonds. The average molecular weight is 457 g/mol. The maximum absolute atomic E-state index is 13.4. The molecule has 1 aromatic rings. The lowest BCUT2D eigenvalue weighted by Gasteiger charge is -2.48. The second-order valence-corrected chi connectivity index (χ2v) is 9.49. The number of hydrazine groups is 1. The van der Waals surface area contributed by atoms with E-state index in [1.165, 1.54) is 0 Å². The van der Waals surface area contributed by atoms with Crippen molar-refractivity contribution in [1.29, 1.82) is 5.26 Å². The molecule has 0 aromatic heterocycles. The first-order valence-electron chi connectivity index (χ1n) is 9.86. The molecular formula is C22H25BrN4O2. The molecule has 0 spiro atoms. The minimum Gasteiger partial charge on any atom is -0.383 e. The van der Waals surface area contributed by atoms with Gasteiger partial charge in [-0.2, -0.15) is 5.26 Å². The summed E-state index contributed by atoms with van der Waals surface area (Å²) in [6.45, 7) is 6.77. The second kappa shape index (κ2) is 7.60. The van der Waals surface area contributed by atoms with Gasteiger partial charge in [0.05, 0.1) is 30.8 Å². The maximum Gasteiger partial charge on any atom is 0.162 e. The van der Waals surface area contributed by atoms with E-state index in [9.17, 15) is 10.1 Å². The number of nitriles is 1. The van der Waals surface area contributed by atoms with E-state index in [-0.39, 0.29) is 11.2 Å². The Morgan fingerprint density at radius 3 is 2.48 bits per heavy atom. The van der Waals surface area contributed by atoms with Crippen molar-refractivity contribution < 1.29 is 9.53 Å². The van der Waals surface area contributed by atoms with E-state index in [0.29, 0.717) is 49.7 Å². The summed E-state index contributed by atoms with van der Waals surface area (Å²) in [5.41, 5.74) is 9.44. The fourth-order valence-electron chi connectivity index (χ4n) is 4.56. The monoisotopic (exact) mass is 456 g/mol. The van der Waals surface area contributed by atoms with Gasteiger partial charge >= 0.3 is 0 Å². The van der Waals surface area contributed by atoms with Crippen LogP contribution in [0.5, 0.6) is 0 Å². The van der Waals surface area contributed by atoms with Crippen LogP contribution in [-0.4, -0.2) is 42.1 Å². The number of Topliss-reactive ketones (excluding diaryl/α,β-unsaturated/α-hetero) is 1. The van der Waals surface area contributed by atoms with Crippen LogP contribution in [-0.2, 0) is 9.53 Å². The van der Waals surface area contributed by atoms with Crippen LogP contribution < -0.4 is 5.73 Å². The number of halogens is 1. The average Bonchev–Trinajstić information content (AvgIpc) is 2.67. The number of hydrogen-bond donors (Lipinski definition) is 1. The number of allylic oxidation sites excluding steroid dienone is 3. The molecule has 3 aliphatic rings. The highest BCUT2D eigenvalue weighted by Crippen LogP contribution is 2.49. The van der Waals surface area contributed by atoms with Gasteiger partial charge in [-0.05, 0) is 29.5 Å². The van der Waals surface area contributed by atoms with Crippen molar-refractivity contribution in [1.82, 2.24) is 10.0 Å². The Morgan fingerprint density at radius 2 is 1.86 bits per heavy atom. The molecule has 1 aliphatic carbocycles. The molecule has 0 unspecified atom stereocenters. The van der Waals surface area contributed by atoms with Crippen molar-refractivity contribution in [2.24, 2.45) is 11.1 Å². The van der Waals surface area contributed by atoms with E-state index in [4.69, 9.17) is 10.5 Å². The molecule has 1 fully saturated rings. The van der Waals surface area contributed by atoms with Crippen LogP contribution in [0.25, 0.3) is 0 Å².